The van der Waals surface area contributed by atoms with Gasteiger partial charge >= 0.3 is 0 Å². The Morgan fingerprint density at radius 3 is 1.40 bits per heavy atom. The molecule has 4 aliphatic heterocycles. The van der Waals surface area contributed by atoms with Crippen molar-refractivity contribution in [3.63, 3.8) is 0 Å². The minimum atomic E-state index is 0.00175. The van der Waals surface area contributed by atoms with Gasteiger partial charge in [0.25, 0.3) is 6.71 Å². The summed E-state index contributed by atoms with van der Waals surface area (Å²) in [5.41, 5.74) is 17.4. The average molecular weight is 652 g/mol. The SMILES string of the molecule is CC12CCCCC1(C)N1c3cc(N(c4ccccc4)c4ccccc4)cc4c3B(c3cccc2c31)c1cccc2c1N4C1(C)CCCCC21C. The van der Waals surface area contributed by atoms with Crippen LogP contribution in [-0.2, 0) is 10.8 Å². The van der Waals surface area contributed by atoms with Gasteiger partial charge in [-0.1, -0.05) is 112 Å². The third-order valence-corrected chi connectivity index (χ3v) is 15.1. The van der Waals surface area contributed by atoms with E-state index in [0.717, 1.165) is 0 Å². The van der Waals surface area contributed by atoms with E-state index >= 15 is 0 Å². The minimum absolute atomic E-state index is 0.00175. The van der Waals surface area contributed by atoms with Crippen molar-refractivity contribution in [2.75, 3.05) is 14.7 Å². The molecule has 0 bridgehead atoms. The van der Waals surface area contributed by atoms with Gasteiger partial charge in [0.15, 0.2) is 0 Å². The van der Waals surface area contributed by atoms with Crippen LogP contribution in [0.25, 0.3) is 0 Å². The van der Waals surface area contributed by atoms with Gasteiger partial charge in [0.05, 0.1) is 16.8 Å². The Morgan fingerprint density at radius 1 is 0.500 bits per heavy atom. The van der Waals surface area contributed by atoms with Crippen LogP contribution in [0.1, 0.15) is 90.2 Å². The van der Waals surface area contributed by atoms with E-state index < -0.39 is 0 Å². The van der Waals surface area contributed by atoms with Gasteiger partial charge in [-0.25, -0.2) is 0 Å². The van der Waals surface area contributed by atoms with Crippen molar-refractivity contribution in [2.24, 2.45) is 0 Å². The summed E-state index contributed by atoms with van der Waals surface area (Å²) in [6.07, 6.45) is 10.1. The number of hydrogen-bond donors (Lipinski definition) is 0. The highest BCUT2D eigenvalue weighted by Gasteiger charge is 2.64. The number of hydrogen-bond acceptors (Lipinski definition) is 3. The summed E-state index contributed by atoms with van der Waals surface area (Å²) in [5.74, 6) is 0. The summed E-state index contributed by atoms with van der Waals surface area (Å²) < 4.78 is 0. The molecule has 4 heteroatoms. The average Bonchev–Trinajstić information content (AvgIpc) is 3.49. The van der Waals surface area contributed by atoms with Crippen molar-refractivity contribution in [1.82, 2.24) is 0 Å². The molecule has 0 N–H and O–H groups in total. The van der Waals surface area contributed by atoms with Gasteiger partial charge in [-0.3, -0.25) is 0 Å². The van der Waals surface area contributed by atoms with Crippen LogP contribution >= 0.6 is 0 Å². The van der Waals surface area contributed by atoms with Crippen molar-refractivity contribution >= 4 is 62.9 Å². The van der Waals surface area contributed by atoms with E-state index in [2.05, 4.69) is 152 Å². The Hall–Kier alpha value is -4.44. The van der Waals surface area contributed by atoms with Crippen LogP contribution in [0, 0.1) is 0 Å². The maximum Gasteiger partial charge on any atom is 0.252 e. The highest BCUT2D eigenvalue weighted by Crippen LogP contribution is 2.65. The van der Waals surface area contributed by atoms with Crippen molar-refractivity contribution in [2.45, 2.75) is 101 Å². The number of nitrogens with zero attached hydrogens (tertiary/aromatic N) is 3. The summed E-state index contributed by atoms with van der Waals surface area (Å²) in [6, 6.07) is 42.0. The lowest BCUT2D eigenvalue weighted by atomic mass is 9.33. The first kappa shape index (κ1) is 29.3. The molecule has 0 radical (unpaired) electrons. The van der Waals surface area contributed by atoms with Crippen molar-refractivity contribution in [3.8, 4) is 0 Å². The summed E-state index contributed by atoms with van der Waals surface area (Å²) in [5, 5.41) is 0. The van der Waals surface area contributed by atoms with E-state index in [4.69, 9.17) is 0 Å². The highest BCUT2D eigenvalue weighted by atomic mass is 15.3. The number of para-hydroxylation sites is 4. The molecular weight excluding hydrogens is 605 g/mol. The highest BCUT2D eigenvalue weighted by molar-refractivity contribution is 7.00. The lowest BCUT2D eigenvalue weighted by Crippen LogP contribution is -2.66. The Labute approximate surface area is 298 Å². The zero-order chi connectivity index (χ0) is 33.6. The number of fused-ring (bicyclic) bond motifs is 10. The molecule has 3 nitrogen and oxygen atoms in total. The molecular formula is C46H46BN3. The zero-order valence-electron chi connectivity index (χ0n) is 30.0. The molecule has 5 aromatic rings. The van der Waals surface area contributed by atoms with Crippen LogP contribution in [0.2, 0.25) is 0 Å². The largest absolute Gasteiger partial charge is 0.335 e. The van der Waals surface area contributed by atoms with Crippen LogP contribution in [-0.4, -0.2) is 17.8 Å². The predicted octanol–water partition coefficient (Wildman–Crippen LogP) is 9.78. The maximum absolute atomic E-state index is 2.89. The first-order valence-electron chi connectivity index (χ1n) is 19.3. The molecule has 2 aliphatic carbocycles. The lowest BCUT2D eigenvalue weighted by Gasteiger charge is -2.55. The number of anilines is 7. The van der Waals surface area contributed by atoms with E-state index in [1.54, 1.807) is 11.1 Å². The van der Waals surface area contributed by atoms with E-state index in [1.807, 2.05) is 0 Å². The molecule has 2 fully saturated rings. The quantitative estimate of drug-likeness (QED) is 0.180. The van der Waals surface area contributed by atoms with E-state index in [-0.39, 0.29) is 28.6 Å². The van der Waals surface area contributed by atoms with Crippen molar-refractivity contribution in [1.29, 1.82) is 0 Å². The normalized spacial score (nSPS) is 29.2. The monoisotopic (exact) mass is 651 g/mol. The first-order valence-corrected chi connectivity index (χ1v) is 19.3. The van der Waals surface area contributed by atoms with E-state index in [9.17, 15) is 0 Å². The van der Waals surface area contributed by atoms with Crippen LogP contribution in [0.3, 0.4) is 0 Å². The molecule has 4 unspecified atom stereocenters. The second-order valence-corrected chi connectivity index (χ2v) is 17.1. The van der Waals surface area contributed by atoms with Crippen LogP contribution in [0.15, 0.2) is 109 Å². The second kappa shape index (κ2) is 9.66. The summed E-state index contributed by atoms with van der Waals surface area (Å²) in [6.45, 7) is 10.6. The Balaban J connectivity index is 1.28. The fourth-order valence-electron chi connectivity index (χ4n) is 12.3. The predicted molar refractivity (Wildman–Crippen MR) is 211 cm³/mol. The van der Waals surface area contributed by atoms with E-state index in [0.29, 0.717) is 0 Å². The fraction of sp³-hybridized carbons (Fsp3) is 0.348. The Morgan fingerprint density at radius 2 is 0.940 bits per heavy atom. The van der Waals surface area contributed by atoms with Gasteiger partial charge in [-0.05, 0) is 103 Å². The summed E-state index contributed by atoms with van der Waals surface area (Å²) in [4.78, 5) is 8.28. The van der Waals surface area contributed by atoms with Gasteiger partial charge in [-0.2, -0.15) is 0 Å². The minimum Gasteiger partial charge on any atom is -0.335 e. The lowest BCUT2D eigenvalue weighted by molar-refractivity contribution is 0.194. The van der Waals surface area contributed by atoms with Crippen molar-refractivity contribution in [3.05, 3.63) is 120 Å². The zero-order valence-corrected chi connectivity index (χ0v) is 30.0. The number of benzene rings is 5. The molecule has 4 heterocycles. The topological polar surface area (TPSA) is 9.72 Å². The summed E-state index contributed by atoms with van der Waals surface area (Å²) in [7, 11) is 0. The molecule has 11 rings (SSSR count). The fourth-order valence-corrected chi connectivity index (χ4v) is 12.3. The Kier molecular flexibility index (Phi) is 5.66. The molecule has 6 aliphatic rings. The number of rotatable bonds is 3. The molecule has 0 saturated heterocycles. The van der Waals surface area contributed by atoms with Gasteiger partial charge in [-0.15, -0.1) is 0 Å². The Bertz CT molecular complexity index is 2080. The van der Waals surface area contributed by atoms with Crippen molar-refractivity contribution < 1.29 is 0 Å². The third kappa shape index (κ3) is 3.26. The van der Waals surface area contributed by atoms with Gasteiger partial charge in [0, 0.05) is 45.0 Å². The molecule has 2 saturated carbocycles. The third-order valence-electron chi connectivity index (χ3n) is 15.1. The standard InChI is InChI=1S/C46H46BN3/c1-43-25-11-13-27-45(43,3)49-38-29-33(48(31-17-7-5-8-18-31)32-19-9-6-10-20-32)30-39-40(38)47(36-23-15-21-34(43)41(36)49)37-24-16-22-35-42(37)50(39)46(4)28-14-12-26-44(35,46)2/h5-10,15-24,29-30H,11-14,25-28H2,1-4H3. The molecule has 0 spiro atoms. The second-order valence-electron chi connectivity index (χ2n) is 17.1. The molecule has 50 heavy (non-hydrogen) atoms. The first-order chi connectivity index (χ1) is 24.3. The molecule has 0 amide bonds. The van der Waals surface area contributed by atoms with Gasteiger partial charge < -0.3 is 14.7 Å². The molecule has 0 aromatic heterocycles. The van der Waals surface area contributed by atoms with Crippen LogP contribution in [0.4, 0.5) is 39.8 Å². The summed E-state index contributed by atoms with van der Waals surface area (Å²) >= 11 is 0. The smallest absolute Gasteiger partial charge is 0.252 e. The van der Waals surface area contributed by atoms with Gasteiger partial charge in [0.1, 0.15) is 0 Å². The van der Waals surface area contributed by atoms with Crippen LogP contribution < -0.4 is 31.1 Å². The van der Waals surface area contributed by atoms with E-state index in [1.165, 1.54) is 108 Å². The molecule has 5 aromatic carbocycles. The molecule has 4 atom stereocenters. The van der Waals surface area contributed by atoms with Gasteiger partial charge in [0.2, 0.25) is 0 Å². The molecule has 248 valence electrons. The maximum atomic E-state index is 2.89. The van der Waals surface area contributed by atoms with Crippen LogP contribution in [0.5, 0.6) is 0 Å².